The molecule has 1 rings (SSSR count). The summed E-state index contributed by atoms with van der Waals surface area (Å²) in [4.78, 5) is 0. The van der Waals surface area contributed by atoms with Gasteiger partial charge in [0.05, 0.1) is 6.07 Å². The number of methoxy groups -OCH3 is 1. The predicted molar refractivity (Wildman–Crippen MR) is 60.5 cm³/mol. The molecule has 0 aromatic heterocycles. The normalized spacial score (nSPS) is 17.3. The van der Waals surface area contributed by atoms with Gasteiger partial charge in [-0.2, -0.15) is 5.26 Å². The average Bonchev–Trinajstić information content (AvgIpc) is 2.98. The Morgan fingerprint density at radius 2 is 2.13 bits per heavy atom. The number of nitrogens with one attached hydrogen (secondary N) is 1. The second-order valence-corrected chi connectivity index (χ2v) is 4.57. The zero-order valence-electron chi connectivity index (χ0n) is 9.72. The molecule has 86 valence electrons. The molecule has 0 aliphatic heterocycles. The van der Waals surface area contributed by atoms with Crippen LogP contribution >= 0.6 is 0 Å². The second kappa shape index (κ2) is 6.81. The number of nitrogens with zero attached hydrogens (tertiary/aromatic N) is 1. The first-order valence-corrected chi connectivity index (χ1v) is 5.90. The zero-order valence-corrected chi connectivity index (χ0v) is 9.72. The van der Waals surface area contributed by atoms with Crippen LogP contribution in [0.25, 0.3) is 0 Å². The Labute approximate surface area is 92.8 Å². The molecule has 0 unspecified atom stereocenters. The Morgan fingerprint density at radius 1 is 1.33 bits per heavy atom. The minimum absolute atomic E-state index is 0.348. The van der Waals surface area contributed by atoms with Gasteiger partial charge in [-0.25, -0.2) is 0 Å². The van der Waals surface area contributed by atoms with Crippen LogP contribution in [-0.2, 0) is 4.74 Å². The van der Waals surface area contributed by atoms with Gasteiger partial charge in [-0.3, -0.25) is 0 Å². The van der Waals surface area contributed by atoms with Crippen LogP contribution in [0.3, 0.4) is 0 Å². The van der Waals surface area contributed by atoms with E-state index in [1.165, 1.54) is 25.7 Å². The molecule has 0 aromatic carbocycles. The van der Waals surface area contributed by atoms with E-state index in [9.17, 15) is 0 Å². The summed E-state index contributed by atoms with van der Waals surface area (Å²) >= 11 is 0. The van der Waals surface area contributed by atoms with Gasteiger partial charge in [0, 0.05) is 26.7 Å². The quantitative estimate of drug-likeness (QED) is 0.593. The number of rotatable bonds is 9. The van der Waals surface area contributed by atoms with Gasteiger partial charge in [0.2, 0.25) is 0 Å². The van der Waals surface area contributed by atoms with Crippen molar-refractivity contribution in [2.24, 2.45) is 5.41 Å². The summed E-state index contributed by atoms with van der Waals surface area (Å²) in [5, 5.41) is 12.1. The summed E-state index contributed by atoms with van der Waals surface area (Å²) < 4.78 is 4.99. The van der Waals surface area contributed by atoms with Crippen LogP contribution in [0, 0.1) is 16.7 Å². The summed E-state index contributed by atoms with van der Waals surface area (Å²) in [6.45, 7) is 2.99. The topological polar surface area (TPSA) is 45.0 Å². The lowest BCUT2D eigenvalue weighted by Crippen LogP contribution is -2.24. The third kappa shape index (κ3) is 5.15. The van der Waals surface area contributed by atoms with Crippen LogP contribution in [-0.4, -0.2) is 26.8 Å². The lowest BCUT2D eigenvalue weighted by Gasteiger charge is -2.11. The molecule has 0 heterocycles. The minimum atomic E-state index is 0.348. The Morgan fingerprint density at radius 3 is 2.73 bits per heavy atom. The van der Waals surface area contributed by atoms with E-state index in [4.69, 9.17) is 10.00 Å². The number of hydrogen-bond acceptors (Lipinski definition) is 3. The SMILES string of the molecule is COCCCCCNCC1(CC#N)CC1. The van der Waals surface area contributed by atoms with Crippen molar-refractivity contribution in [3.8, 4) is 6.07 Å². The van der Waals surface area contributed by atoms with Gasteiger partial charge in [-0.15, -0.1) is 0 Å². The van der Waals surface area contributed by atoms with Crippen molar-refractivity contribution < 1.29 is 4.74 Å². The maximum absolute atomic E-state index is 8.65. The number of nitriles is 1. The molecule has 0 radical (unpaired) electrons. The Balaban J connectivity index is 1.87. The Hall–Kier alpha value is -0.590. The molecular formula is C12H22N2O. The van der Waals surface area contributed by atoms with E-state index in [2.05, 4.69) is 11.4 Å². The van der Waals surface area contributed by atoms with E-state index in [0.717, 1.165) is 32.5 Å². The maximum Gasteiger partial charge on any atom is 0.0628 e. The smallest absolute Gasteiger partial charge is 0.0628 e. The third-order valence-electron chi connectivity index (χ3n) is 3.11. The maximum atomic E-state index is 8.65. The highest BCUT2D eigenvalue weighted by atomic mass is 16.5. The molecule has 3 heteroatoms. The third-order valence-corrected chi connectivity index (χ3v) is 3.11. The monoisotopic (exact) mass is 210 g/mol. The molecule has 0 saturated heterocycles. The molecule has 1 fully saturated rings. The molecule has 1 aliphatic rings. The first kappa shape index (κ1) is 12.5. The lowest BCUT2D eigenvalue weighted by atomic mass is 10.0. The standard InChI is InChI=1S/C12H22N2O/c1-15-10-4-2-3-9-14-11-12(5-6-12)7-8-13/h14H,2-7,9-11H2,1H3. The fourth-order valence-corrected chi connectivity index (χ4v) is 1.79. The largest absolute Gasteiger partial charge is 0.385 e. The van der Waals surface area contributed by atoms with Crippen molar-refractivity contribution in [2.45, 2.75) is 38.5 Å². The van der Waals surface area contributed by atoms with Crippen LogP contribution in [0.4, 0.5) is 0 Å². The molecule has 0 spiro atoms. The Bertz CT molecular complexity index is 206. The van der Waals surface area contributed by atoms with Gasteiger partial charge < -0.3 is 10.1 Å². The molecule has 0 bridgehead atoms. The van der Waals surface area contributed by atoms with Gasteiger partial charge in [-0.1, -0.05) is 0 Å². The first-order valence-electron chi connectivity index (χ1n) is 5.90. The van der Waals surface area contributed by atoms with Crippen molar-refractivity contribution in [1.82, 2.24) is 5.32 Å². The molecule has 1 aliphatic carbocycles. The van der Waals surface area contributed by atoms with E-state index in [1.807, 2.05) is 0 Å². The highest BCUT2D eigenvalue weighted by Gasteiger charge is 2.41. The van der Waals surface area contributed by atoms with E-state index < -0.39 is 0 Å². The fraction of sp³-hybridized carbons (Fsp3) is 0.917. The van der Waals surface area contributed by atoms with Crippen LogP contribution in [0.2, 0.25) is 0 Å². The summed E-state index contributed by atoms with van der Waals surface area (Å²) in [7, 11) is 1.75. The molecule has 15 heavy (non-hydrogen) atoms. The highest BCUT2D eigenvalue weighted by molar-refractivity contribution is 5.00. The first-order chi connectivity index (χ1) is 7.33. The van der Waals surface area contributed by atoms with Crippen LogP contribution in [0.1, 0.15) is 38.5 Å². The van der Waals surface area contributed by atoms with Gasteiger partial charge in [0.25, 0.3) is 0 Å². The highest BCUT2D eigenvalue weighted by Crippen LogP contribution is 2.47. The molecular weight excluding hydrogens is 188 g/mol. The zero-order chi connectivity index (χ0) is 11.0. The van der Waals surface area contributed by atoms with E-state index in [-0.39, 0.29) is 0 Å². The Kier molecular flexibility index (Phi) is 5.67. The fourth-order valence-electron chi connectivity index (χ4n) is 1.79. The van der Waals surface area contributed by atoms with Gasteiger partial charge in [-0.05, 0) is 44.1 Å². The van der Waals surface area contributed by atoms with E-state index >= 15 is 0 Å². The van der Waals surface area contributed by atoms with Crippen LogP contribution in [0.15, 0.2) is 0 Å². The number of unbranched alkanes of at least 4 members (excludes halogenated alkanes) is 2. The molecule has 1 saturated carbocycles. The van der Waals surface area contributed by atoms with Gasteiger partial charge in [0.15, 0.2) is 0 Å². The minimum Gasteiger partial charge on any atom is -0.385 e. The van der Waals surface area contributed by atoms with Crippen molar-refractivity contribution >= 4 is 0 Å². The van der Waals surface area contributed by atoms with Crippen molar-refractivity contribution in [3.05, 3.63) is 0 Å². The number of ether oxygens (including phenoxy) is 1. The summed E-state index contributed by atoms with van der Waals surface area (Å²) in [5.41, 5.74) is 0.348. The van der Waals surface area contributed by atoms with Crippen LogP contribution < -0.4 is 5.32 Å². The van der Waals surface area contributed by atoms with Crippen molar-refractivity contribution in [2.75, 3.05) is 26.8 Å². The summed E-state index contributed by atoms with van der Waals surface area (Å²) in [6.07, 6.45) is 6.79. The summed E-state index contributed by atoms with van der Waals surface area (Å²) in [5.74, 6) is 0. The predicted octanol–water partition coefficient (Wildman–Crippen LogP) is 2.09. The van der Waals surface area contributed by atoms with Gasteiger partial charge in [0.1, 0.15) is 0 Å². The molecule has 3 nitrogen and oxygen atoms in total. The molecule has 0 amide bonds. The summed E-state index contributed by atoms with van der Waals surface area (Å²) in [6, 6.07) is 2.28. The second-order valence-electron chi connectivity index (χ2n) is 4.57. The van der Waals surface area contributed by atoms with Crippen molar-refractivity contribution in [3.63, 3.8) is 0 Å². The van der Waals surface area contributed by atoms with E-state index in [0.29, 0.717) is 5.41 Å². The number of hydrogen-bond donors (Lipinski definition) is 1. The van der Waals surface area contributed by atoms with Crippen LogP contribution in [0.5, 0.6) is 0 Å². The van der Waals surface area contributed by atoms with Gasteiger partial charge >= 0.3 is 0 Å². The molecule has 0 atom stereocenters. The van der Waals surface area contributed by atoms with E-state index in [1.54, 1.807) is 7.11 Å². The van der Waals surface area contributed by atoms with Crippen molar-refractivity contribution in [1.29, 1.82) is 5.26 Å². The molecule has 0 aromatic rings. The average molecular weight is 210 g/mol. The lowest BCUT2D eigenvalue weighted by molar-refractivity contribution is 0.192. The molecule has 1 N–H and O–H groups in total.